The molecule has 3 nitrogen and oxygen atoms in total. The molecule has 1 aromatic carbocycles. The highest BCUT2D eigenvalue weighted by Crippen LogP contribution is 2.36. The smallest absolute Gasteiger partial charge is 0.248 e. The van der Waals surface area contributed by atoms with Gasteiger partial charge in [0.15, 0.2) is 5.78 Å². The van der Waals surface area contributed by atoms with Crippen LogP contribution in [-0.2, 0) is 0 Å². The maximum Gasteiger partial charge on any atom is 0.248 e. The summed E-state index contributed by atoms with van der Waals surface area (Å²) in [6, 6.07) is 7.28. The van der Waals surface area contributed by atoms with Crippen molar-refractivity contribution in [3.8, 4) is 0 Å². The number of hydrogen-bond donors (Lipinski definition) is 2. The standard InChI is InChI=1S/C16H22F2N2O.C2H6/c17-16(18)7-4-12(5-8-16)11-20-14-3-1-2-13(10-14)15(21)6-9-19;1-2/h1-3,10,12,20H,4-9,11,19H2;1-2H3. The number of nitrogens with one attached hydrogen (secondary N) is 1. The third kappa shape index (κ3) is 6.65. The van der Waals surface area contributed by atoms with E-state index in [1.165, 1.54) is 0 Å². The number of Topliss-reactive ketones (excluding diaryl/α,β-unsaturated/α-hetero) is 1. The van der Waals surface area contributed by atoms with Crippen LogP contribution in [0.4, 0.5) is 14.5 Å². The molecule has 1 fully saturated rings. The molecular weight excluding hydrogens is 298 g/mol. The second kappa shape index (κ2) is 9.60. The van der Waals surface area contributed by atoms with Gasteiger partial charge in [-0.25, -0.2) is 8.78 Å². The van der Waals surface area contributed by atoms with Gasteiger partial charge in [0.2, 0.25) is 5.92 Å². The van der Waals surface area contributed by atoms with E-state index in [0.29, 0.717) is 37.9 Å². The maximum atomic E-state index is 13.1. The summed E-state index contributed by atoms with van der Waals surface area (Å²) in [5.41, 5.74) is 6.88. The first-order chi connectivity index (χ1) is 11.0. The summed E-state index contributed by atoms with van der Waals surface area (Å²) in [6.45, 7) is 5.01. The quantitative estimate of drug-likeness (QED) is 0.758. The third-order valence-corrected chi connectivity index (χ3v) is 3.99. The molecule has 1 aromatic rings. The zero-order chi connectivity index (χ0) is 17.3. The number of anilines is 1. The lowest BCUT2D eigenvalue weighted by Gasteiger charge is -2.28. The molecule has 0 spiro atoms. The predicted octanol–water partition coefficient (Wildman–Crippen LogP) is 4.48. The number of carbonyl (C=O) groups is 1. The molecular formula is C18H28F2N2O. The van der Waals surface area contributed by atoms with Crippen LogP contribution in [0, 0.1) is 5.92 Å². The Morgan fingerprint density at radius 3 is 2.57 bits per heavy atom. The number of halogens is 2. The van der Waals surface area contributed by atoms with Crippen molar-refractivity contribution < 1.29 is 13.6 Å². The summed E-state index contributed by atoms with van der Waals surface area (Å²) in [5.74, 6) is -2.18. The Kier molecular flexibility index (Phi) is 8.17. The Labute approximate surface area is 137 Å². The third-order valence-electron chi connectivity index (χ3n) is 3.99. The Morgan fingerprint density at radius 1 is 1.30 bits per heavy atom. The molecule has 0 radical (unpaired) electrons. The summed E-state index contributed by atoms with van der Waals surface area (Å²) in [7, 11) is 0. The molecule has 130 valence electrons. The summed E-state index contributed by atoms with van der Waals surface area (Å²) in [4.78, 5) is 11.8. The van der Waals surface area contributed by atoms with Gasteiger partial charge in [-0.05, 0) is 37.4 Å². The van der Waals surface area contributed by atoms with Gasteiger partial charge in [-0.1, -0.05) is 26.0 Å². The highest BCUT2D eigenvalue weighted by atomic mass is 19.3. The van der Waals surface area contributed by atoms with Crippen LogP contribution in [0.25, 0.3) is 0 Å². The van der Waals surface area contributed by atoms with Crippen LogP contribution in [0.1, 0.15) is 56.3 Å². The summed E-state index contributed by atoms with van der Waals surface area (Å²) in [6.07, 6.45) is 1.39. The number of alkyl halides is 2. The van der Waals surface area contributed by atoms with Crippen molar-refractivity contribution in [2.24, 2.45) is 11.7 Å². The Balaban J connectivity index is 0.00000127. The monoisotopic (exact) mass is 326 g/mol. The van der Waals surface area contributed by atoms with Crippen LogP contribution in [-0.4, -0.2) is 24.8 Å². The second-order valence-corrected chi connectivity index (χ2v) is 5.72. The zero-order valence-corrected chi connectivity index (χ0v) is 14.1. The van der Waals surface area contributed by atoms with Crippen molar-refractivity contribution in [3.63, 3.8) is 0 Å². The molecule has 0 aromatic heterocycles. The van der Waals surface area contributed by atoms with Crippen LogP contribution >= 0.6 is 0 Å². The minimum atomic E-state index is -2.48. The van der Waals surface area contributed by atoms with Crippen molar-refractivity contribution in [1.29, 1.82) is 0 Å². The average Bonchev–Trinajstić information content (AvgIpc) is 2.56. The average molecular weight is 326 g/mol. The molecule has 2 rings (SSSR count). The van der Waals surface area contributed by atoms with E-state index in [1.54, 1.807) is 12.1 Å². The Bertz CT molecular complexity index is 482. The Hall–Kier alpha value is -1.49. The fourth-order valence-electron chi connectivity index (χ4n) is 2.64. The topological polar surface area (TPSA) is 55.1 Å². The van der Waals surface area contributed by atoms with Crippen molar-refractivity contribution in [2.45, 2.75) is 51.9 Å². The van der Waals surface area contributed by atoms with Gasteiger partial charge in [-0.3, -0.25) is 4.79 Å². The summed E-state index contributed by atoms with van der Waals surface area (Å²) in [5, 5.41) is 3.25. The molecule has 23 heavy (non-hydrogen) atoms. The van der Waals surface area contributed by atoms with Crippen LogP contribution in [0.3, 0.4) is 0 Å². The summed E-state index contributed by atoms with van der Waals surface area (Å²) < 4.78 is 26.2. The van der Waals surface area contributed by atoms with Crippen molar-refractivity contribution >= 4 is 11.5 Å². The lowest BCUT2D eigenvalue weighted by atomic mass is 9.87. The fraction of sp³-hybridized carbons (Fsp3) is 0.611. The van der Waals surface area contributed by atoms with E-state index in [1.807, 2.05) is 26.0 Å². The number of nitrogens with two attached hydrogens (primary N) is 1. The van der Waals surface area contributed by atoms with Crippen molar-refractivity contribution in [3.05, 3.63) is 29.8 Å². The summed E-state index contributed by atoms with van der Waals surface area (Å²) >= 11 is 0. The predicted molar refractivity (Wildman–Crippen MR) is 91.2 cm³/mol. The van der Waals surface area contributed by atoms with Gasteiger partial charge in [-0.2, -0.15) is 0 Å². The van der Waals surface area contributed by atoms with Gasteiger partial charge in [0.25, 0.3) is 0 Å². The molecule has 0 atom stereocenters. The molecule has 1 aliphatic rings. The van der Waals surface area contributed by atoms with Crippen LogP contribution in [0.2, 0.25) is 0 Å². The van der Waals surface area contributed by atoms with Gasteiger partial charge >= 0.3 is 0 Å². The molecule has 0 unspecified atom stereocenters. The van der Waals surface area contributed by atoms with Crippen LogP contribution in [0.15, 0.2) is 24.3 Å². The largest absolute Gasteiger partial charge is 0.385 e. The van der Waals surface area contributed by atoms with E-state index < -0.39 is 5.92 Å². The minimum absolute atomic E-state index is 0.0195. The number of carbonyl (C=O) groups excluding carboxylic acids is 1. The highest BCUT2D eigenvalue weighted by molar-refractivity contribution is 5.97. The second-order valence-electron chi connectivity index (χ2n) is 5.72. The normalized spacial score (nSPS) is 17.1. The molecule has 0 saturated heterocycles. The molecule has 0 heterocycles. The molecule has 0 aliphatic heterocycles. The number of rotatable bonds is 6. The van der Waals surface area contributed by atoms with Crippen LogP contribution in [0.5, 0.6) is 0 Å². The minimum Gasteiger partial charge on any atom is -0.385 e. The van der Waals surface area contributed by atoms with E-state index in [4.69, 9.17) is 5.73 Å². The van der Waals surface area contributed by atoms with Crippen molar-refractivity contribution in [1.82, 2.24) is 0 Å². The van der Waals surface area contributed by atoms with E-state index in [-0.39, 0.29) is 24.5 Å². The first-order valence-electron chi connectivity index (χ1n) is 8.45. The number of ketones is 1. The number of hydrogen-bond acceptors (Lipinski definition) is 3. The van der Waals surface area contributed by atoms with Gasteiger partial charge in [-0.15, -0.1) is 0 Å². The van der Waals surface area contributed by atoms with Gasteiger partial charge in [0.1, 0.15) is 0 Å². The van der Waals surface area contributed by atoms with E-state index in [0.717, 1.165) is 5.69 Å². The molecule has 0 bridgehead atoms. The van der Waals surface area contributed by atoms with Crippen molar-refractivity contribution in [2.75, 3.05) is 18.4 Å². The first-order valence-corrected chi connectivity index (χ1v) is 8.45. The SMILES string of the molecule is CC.NCCC(=O)c1cccc(NCC2CCC(F)(F)CC2)c1. The maximum absolute atomic E-state index is 13.1. The first kappa shape index (κ1) is 19.6. The van der Waals surface area contributed by atoms with Crippen LogP contribution < -0.4 is 11.1 Å². The molecule has 1 aliphatic carbocycles. The lowest BCUT2D eigenvalue weighted by molar-refractivity contribution is -0.0443. The molecule has 3 N–H and O–H groups in total. The molecule has 1 saturated carbocycles. The van der Waals surface area contributed by atoms with Gasteiger partial charge in [0.05, 0.1) is 0 Å². The lowest BCUT2D eigenvalue weighted by Crippen LogP contribution is -2.28. The molecule has 0 amide bonds. The van der Waals surface area contributed by atoms with E-state index in [9.17, 15) is 13.6 Å². The Morgan fingerprint density at radius 2 is 1.96 bits per heavy atom. The van der Waals surface area contributed by atoms with E-state index in [2.05, 4.69) is 5.32 Å². The highest BCUT2D eigenvalue weighted by Gasteiger charge is 2.34. The van der Waals surface area contributed by atoms with E-state index >= 15 is 0 Å². The fourth-order valence-corrected chi connectivity index (χ4v) is 2.64. The van der Waals surface area contributed by atoms with Gasteiger partial charge in [0, 0.05) is 37.1 Å². The zero-order valence-electron chi connectivity index (χ0n) is 14.1. The molecule has 5 heteroatoms. The van der Waals surface area contributed by atoms with Gasteiger partial charge < -0.3 is 11.1 Å². The number of benzene rings is 1.